The predicted octanol–water partition coefficient (Wildman–Crippen LogP) is 0.121. The Labute approximate surface area is 105 Å². The Hall–Kier alpha value is -0.810. The second-order valence-electron chi connectivity index (χ2n) is 4.40. The molecule has 2 fully saturated rings. The molecule has 6 heteroatoms. The molecule has 1 heterocycles. The normalized spacial score (nSPS) is 24.5. The molecular formula is C11H17ClN2O3. The van der Waals surface area contributed by atoms with Crippen molar-refractivity contribution >= 4 is 23.4 Å². The molecule has 96 valence electrons. The lowest BCUT2D eigenvalue weighted by molar-refractivity contribution is -0.148. The molecule has 0 aromatic carbocycles. The van der Waals surface area contributed by atoms with Gasteiger partial charge in [-0.15, -0.1) is 11.6 Å². The van der Waals surface area contributed by atoms with Gasteiger partial charge in [0.05, 0.1) is 13.2 Å². The van der Waals surface area contributed by atoms with Crippen LogP contribution in [0.5, 0.6) is 0 Å². The molecule has 1 saturated carbocycles. The largest absolute Gasteiger partial charge is 0.377 e. The smallest absolute Gasteiger partial charge is 0.245 e. The molecule has 0 bridgehead atoms. The number of halogens is 1. The number of rotatable bonds is 4. The van der Waals surface area contributed by atoms with Gasteiger partial charge in [-0.25, -0.2) is 0 Å². The molecule has 0 spiro atoms. The zero-order valence-corrected chi connectivity index (χ0v) is 10.4. The first kappa shape index (κ1) is 12.6. The summed E-state index contributed by atoms with van der Waals surface area (Å²) in [6, 6.07) is -0.186. The monoisotopic (exact) mass is 260 g/mol. The van der Waals surface area contributed by atoms with Crippen LogP contribution in [0.3, 0.4) is 0 Å². The Morgan fingerprint density at radius 3 is 2.82 bits per heavy atom. The number of hydrogen-bond acceptors (Lipinski definition) is 3. The van der Waals surface area contributed by atoms with Crippen LogP contribution in [0.15, 0.2) is 0 Å². The number of nitrogens with zero attached hydrogens (tertiary/aromatic N) is 1. The molecule has 0 aromatic heterocycles. The Morgan fingerprint density at radius 1 is 1.41 bits per heavy atom. The lowest BCUT2D eigenvalue weighted by Gasteiger charge is -2.34. The van der Waals surface area contributed by atoms with Gasteiger partial charge in [0.15, 0.2) is 0 Å². The van der Waals surface area contributed by atoms with Gasteiger partial charge in [0.25, 0.3) is 0 Å². The zero-order chi connectivity index (χ0) is 12.3. The number of morpholine rings is 1. The van der Waals surface area contributed by atoms with Crippen LogP contribution in [-0.4, -0.2) is 54.4 Å². The summed E-state index contributed by atoms with van der Waals surface area (Å²) < 4.78 is 5.28. The van der Waals surface area contributed by atoms with Gasteiger partial charge in [-0.05, 0) is 12.8 Å². The molecule has 1 aliphatic carbocycles. The van der Waals surface area contributed by atoms with Crippen molar-refractivity contribution in [2.45, 2.75) is 31.3 Å². The van der Waals surface area contributed by atoms with Crippen LogP contribution in [0, 0.1) is 0 Å². The van der Waals surface area contributed by atoms with Gasteiger partial charge in [-0.2, -0.15) is 0 Å². The van der Waals surface area contributed by atoms with Crippen molar-refractivity contribution in [2.75, 3.05) is 25.6 Å². The fourth-order valence-corrected chi connectivity index (χ4v) is 2.03. The molecule has 1 aliphatic heterocycles. The van der Waals surface area contributed by atoms with E-state index in [1.54, 1.807) is 4.90 Å². The first-order valence-electron chi connectivity index (χ1n) is 5.96. The van der Waals surface area contributed by atoms with E-state index in [1.807, 2.05) is 0 Å². The number of amides is 2. The third-order valence-corrected chi connectivity index (χ3v) is 3.17. The van der Waals surface area contributed by atoms with Crippen molar-refractivity contribution in [3.05, 3.63) is 0 Å². The third kappa shape index (κ3) is 3.33. The van der Waals surface area contributed by atoms with Crippen LogP contribution < -0.4 is 5.32 Å². The summed E-state index contributed by atoms with van der Waals surface area (Å²) in [6.45, 7) is 1.24. The lowest BCUT2D eigenvalue weighted by Crippen LogP contribution is -2.56. The highest BCUT2D eigenvalue weighted by Gasteiger charge is 2.35. The van der Waals surface area contributed by atoms with Crippen LogP contribution >= 0.6 is 11.6 Å². The minimum absolute atomic E-state index is 0.0701. The number of carbonyl (C=O) groups is 2. The number of hydrogen-bond donors (Lipinski definition) is 1. The van der Waals surface area contributed by atoms with E-state index in [4.69, 9.17) is 16.3 Å². The van der Waals surface area contributed by atoms with Gasteiger partial charge in [-0.1, -0.05) is 0 Å². The molecule has 1 saturated heterocycles. The van der Waals surface area contributed by atoms with E-state index in [9.17, 15) is 9.59 Å². The predicted molar refractivity (Wildman–Crippen MR) is 62.8 cm³/mol. The summed E-state index contributed by atoms with van der Waals surface area (Å²) >= 11 is 5.56. The highest BCUT2D eigenvalue weighted by atomic mass is 35.5. The number of alkyl halides is 1. The Balaban J connectivity index is 1.94. The summed E-state index contributed by atoms with van der Waals surface area (Å²) in [4.78, 5) is 25.4. The lowest BCUT2D eigenvalue weighted by atomic mass is 10.2. The van der Waals surface area contributed by atoms with Crippen LogP contribution in [0.1, 0.15) is 19.3 Å². The van der Waals surface area contributed by atoms with Crippen LogP contribution in [0.2, 0.25) is 0 Å². The third-order valence-electron chi connectivity index (χ3n) is 2.98. The maximum atomic E-state index is 11.9. The van der Waals surface area contributed by atoms with E-state index in [-0.39, 0.29) is 30.7 Å². The molecule has 1 atom stereocenters. The van der Waals surface area contributed by atoms with Gasteiger partial charge in [0.1, 0.15) is 6.04 Å². The van der Waals surface area contributed by atoms with Gasteiger partial charge in [0, 0.05) is 24.9 Å². The summed E-state index contributed by atoms with van der Waals surface area (Å²) in [6.07, 6.45) is 2.35. The second kappa shape index (κ2) is 5.69. The number of carbonyl (C=O) groups excluding carboxylic acids is 2. The van der Waals surface area contributed by atoms with Crippen molar-refractivity contribution in [3.63, 3.8) is 0 Å². The highest BCUT2D eigenvalue weighted by Crippen LogP contribution is 2.19. The van der Waals surface area contributed by atoms with E-state index in [0.717, 1.165) is 12.8 Å². The summed E-state index contributed by atoms with van der Waals surface area (Å²) in [7, 11) is 0. The average molecular weight is 261 g/mol. The Bertz CT molecular complexity index is 307. The van der Waals surface area contributed by atoms with Gasteiger partial charge >= 0.3 is 0 Å². The molecule has 0 aromatic rings. The van der Waals surface area contributed by atoms with Crippen molar-refractivity contribution < 1.29 is 14.3 Å². The summed E-state index contributed by atoms with van der Waals surface area (Å²) in [5, 5.41) is 2.90. The molecule has 2 aliphatic rings. The van der Waals surface area contributed by atoms with Crippen molar-refractivity contribution in [2.24, 2.45) is 0 Å². The van der Waals surface area contributed by atoms with E-state index < -0.39 is 6.04 Å². The number of ether oxygens (including phenoxy) is 1. The molecule has 5 nitrogen and oxygen atoms in total. The molecule has 17 heavy (non-hydrogen) atoms. The fourth-order valence-electron chi connectivity index (χ4n) is 1.87. The Kier molecular flexibility index (Phi) is 4.23. The SMILES string of the molecule is O=C(NC1CC1)C1COCCN1C(=O)CCCl. The summed E-state index contributed by atoms with van der Waals surface area (Å²) in [5.41, 5.74) is 0. The van der Waals surface area contributed by atoms with E-state index in [1.165, 1.54) is 0 Å². The Morgan fingerprint density at radius 2 is 2.18 bits per heavy atom. The molecule has 2 rings (SSSR count). The fraction of sp³-hybridized carbons (Fsp3) is 0.818. The van der Waals surface area contributed by atoms with Crippen LogP contribution in [-0.2, 0) is 14.3 Å². The van der Waals surface area contributed by atoms with Gasteiger partial charge in [-0.3, -0.25) is 9.59 Å². The molecule has 0 radical (unpaired) electrons. The van der Waals surface area contributed by atoms with E-state index >= 15 is 0 Å². The van der Waals surface area contributed by atoms with Crippen molar-refractivity contribution in [1.82, 2.24) is 10.2 Å². The minimum Gasteiger partial charge on any atom is -0.377 e. The van der Waals surface area contributed by atoms with Gasteiger partial charge < -0.3 is 15.0 Å². The highest BCUT2D eigenvalue weighted by molar-refractivity contribution is 6.19. The molecule has 1 N–H and O–H groups in total. The first-order valence-corrected chi connectivity index (χ1v) is 6.49. The minimum atomic E-state index is -0.486. The quantitative estimate of drug-likeness (QED) is 0.731. The van der Waals surface area contributed by atoms with Crippen LogP contribution in [0.4, 0.5) is 0 Å². The molecule has 2 amide bonds. The molecular weight excluding hydrogens is 244 g/mol. The second-order valence-corrected chi connectivity index (χ2v) is 4.78. The van der Waals surface area contributed by atoms with E-state index in [2.05, 4.69) is 5.32 Å². The van der Waals surface area contributed by atoms with Crippen molar-refractivity contribution in [3.8, 4) is 0 Å². The average Bonchev–Trinajstić information content (AvgIpc) is 3.13. The maximum absolute atomic E-state index is 11.9. The van der Waals surface area contributed by atoms with E-state index in [0.29, 0.717) is 19.2 Å². The topological polar surface area (TPSA) is 58.6 Å². The number of nitrogens with one attached hydrogen (secondary N) is 1. The van der Waals surface area contributed by atoms with Crippen LogP contribution in [0.25, 0.3) is 0 Å². The standard InChI is InChI=1S/C11H17ClN2O3/c12-4-3-10(15)14-5-6-17-7-9(14)11(16)13-8-1-2-8/h8-9H,1-7H2,(H,13,16). The first-order chi connectivity index (χ1) is 8.22. The zero-order valence-electron chi connectivity index (χ0n) is 9.65. The maximum Gasteiger partial charge on any atom is 0.245 e. The van der Waals surface area contributed by atoms with Gasteiger partial charge in [0.2, 0.25) is 11.8 Å². The van der Waals surface area contributed by atoms with Crippen molar-refractivity contribution in [1.29, 1.82) is 0 Å². The summed E-state index contributed by atoms with van der Waals surface area (Å²) in [5.74, 6) is 0.113. The molecule has 1 unspecified atom stereocenters.